The lowest BCUT2D eigenvalue weighted by molar-refractivity contribution is -0.143. The number of hydrogen-bond donors (Lipinski definition) is 2. The number of nitrogens with one attached hydrogen (secondary N) is 1. The number of carboxylic acids is 1. The molecule has 0 aromatic heterocycles. The van der Waals surface area contributed by atoms with E-state index < -0.39 is 12.0 Å². The third-order valence-corrected chi connectivity index (χ3v) is 4.77. The lowest BCUT2D eigenvalue weighted by Gasteiger charge is -2.36. The maximum absolute atomic E-state index is 12.6. The molecule has 2 N–H and O–H groups in total. The first-order valence-corrected chi connectivity index (χ1v) is 8.33. The summed E-state index contributed by atoms with van der Waals surface area (Å²) in [5.74, 6) is -1.30. The average molecular weight is 318 g/mol. The molecule has 0 bridgehead atoms. The summed E-state index contributed by atoms with van der Waals surface area (Å²) in [5, 5.41) is 12.1. The number of hydrogen-bond acceptors (Lipinski definition) is 3. The fourth-order valence-corrected chi connectivity index (χ4v) is 3.06. The molecule has 1 amide bonds. The number of carbonyl (C=O) groups excluding carboxylic acids is 1. The Hall–Kier alpha value is -2.04. The molecule has 1 aliphatic heterocycles. The molecule has 2 rings (SSSR count). The standard InChI is InChI=1S/C18H26N2O3/c1-4-12(2)16(18(22)23)19-17(21)13(3)20-11-7-9-14-8-5-6-10-15(14)20/h5-6,8,10,12-13,16H,4,7,9,11H2,1-3H3,(H,19,21)(H,22,23). The highest BCUT2D eigenvalue weighted by Gasteiger charge is 2.30. The summed E-state index contributed by atoms with van der Waals surface area (Å²) in [6.07, 6.45) is 2.73. The molecule has 5 heteroatoms. The molecule has 0 aliphatic carbocycles. The zero-order chi connectivity index (χ0) is 17.0. The van der Waals surface area contributed by atoms with Crippen molar-refractivity contribution in [3.05, 3.63) is 29.8 Å². The quantitative estimate of drug-likeness (QED) is 0.845. The van der Waals surface area contributed by atoms with Crippen molar-refractivity contribution in [1.29, 1.82) is 0 Å². The molecule has 126 valence electrons. The lowest BCUT2D eigenvalue weighted by Crippen LogP contribution is -2.53. The van der Waals surface area contributed by atoms with Gasteiger partial charge in [-0.3, -0.25) is 4.79 Å². The molecule has 1 aliphatic rings. The number of carboxylic acid groups (broad SMARTS) is 1. The number of nitrogens with zero attached hydrogens (tertiary/aromatic N) is 1. The van der Waals surface area contributed by atoms with Crippen LogP contribution in [0.15, 0.2) is 24.3 Å². The molecular weight excluding hydrogens is 292 g/mol. The number of fused-ring (bicyclic) bond motifs is 1. The van der Waals surface area contributed by atoms with Gasteiger partial charge >= 0.3 is 5.97 Å². The van der Waals surface area contributed by atoms with Gasteiger partial charge in [-0.15, -0.1) is 0 Å². The van der Waals surface area contributed by atoms with Gasteiger partial charge in [0.15, 0.2) is 0 Å². The molecule has 1 heterocycles. The molecule has 5 nitrogen and oxygen atoms in total. The van der Waals surface area contributed by atoms with E-state index in [0.29, 0.717) is 6.42 Å². The number of amides is 1. The van der Waals surface area contributed by atoms with Gasteiger partial charge in [0.2, 0.25) is 5.91 Å². The van der Waals surface area contributed by atoms with Gasteiger partial charge in [0, 0.05) is 12.2 Å². The van der Waals surface area contributed by atoms with E-state index in [1.54, 1.807) is 0 Å². The Bertz CT molecular complexity index is 573. The highest BCUT2D eigenvalue weighted by molar-refractivity contribution is 5.89. The van der Waals surface area contributed by atoms with Crippen LogP contribution in [0, 0.1) is 5.92 Å². The van der Waals surface area contributed by atoms with Gasteiger partial charge in [0.25, 0.3) is 0 Å². The summed E-state index contributed by atoms with van der Waals surface area (Å²) in [7, 11) is 0. The van der Waals surface area contributed by atoms with Crippen molar-refractivity contribution in [1.82, 2.24) is 5.32 Å². The van der Waals surface area contributed by atoms with E-state index >= 15 is 0 Å². The summed E-state index contributed by atoms with van der Waals surface area (Å²) in [4.78, 5) is 26.0. The van der Waals surface area contributed by atoms with Crippen LogP contribution in [0.4, 0.5) is 5.69 Å². The maximum atomic E-state index is 12.6. The van der Waals surface area contributed by atoms with Gasteiger partial charge in [0.05, 0.1) is 0 Å². The molecule has 3 unspecified atom stereocenters. The van der Waals surface area contributed by atoms with Gasteiger partial charge in [0.1, 0.15) is 12.1 Å². The van der Waals surface area contributed by atoms with Gasteiger partial charge in [-0.05, 0) is 37.3 Å². The Kier molecular flexibility index (Phi) is 5.64. The fourth-order valence-electron chi connectivity index (χ4n) is 3.06. The minimum atomic E-state index is -0.973. The van der Waals surface area contributed by atoms with E-state index in [4.69, 9.17) is 0 Å². The van der Waals surface area contributed by atoms with Crippen molar-refractivity contribution in [2.45, 2.75) is 52.1 Å². The Balaban J connectivity index is 2.13. The Morgan fingerprint density at radius 2 is 2.00 bits per heavy atom. The van der Waals surface area contributed by atoms with Crippen molar-refractivity contribution >= 4 is 17.6 Å². The van der Waals surface area contributed by atoms with Crippen molar-refractivity contribution < 1.29 is 14.7 Å². The maximum Gasteiger partial charge on any atom is 0.326 e. The van der Waals surface area contributed by atoms with Crippen molar-refractivity contribution in [3.8, 4) is 0 Å². The van der Waals surface area contributed by atoms with Crippen LogP contribution < -0.4 is 10.2 Å². The molecule has 0 saturated carbocycles. The minimum Gasteiger partial charge on any atom is -0.480 e. The van der Waals surface area contributed by atoms with Crippen LogP contribution in [0.5, 0.6) is 0 Å². The highest BCUT2D eigenvalue weighted by atomic mass is 16.4. The van der Waals surface area contributed by atoms with E-state index in [1.165, 1.54) is 5.56 Å². The molecule has 23 heavy (non-hydrogen) atoms. The second-order valence-corrected chi connectivity index (χ2v) is 6.31. The van der Waals surface area contributed by atoms with E-state index in [-0.39, 0.29) is 17.9 Å². The Morgan fingerprint density at radius 1 is 1.30 bits per heavy atom. The largest absolute Gasteiger partial charge is 0.480 e. The lowest BCUT2D eigenvalue weighted by atomic mass is 9.98. The van der Waals surface area contributed by atoms with Crippen molar-refractivity contribution in [2.75, 3.05) is 11.4 Å². The van der Waals surface area contributed by atoms with Crippen LogP contribution in [0.2, 0.25) is 0 Å². The smallest absolute Gasteiger partial charge is 0.326 e. The third-order valence-electron chi connectivity index (χ3n) is 4.77. The first-order chi connectivity index (χ1) is 11.0. The van der Waals surface area contributed by atoms with Crippen LogP contribution >= 0.6 is 0 Å². The van der Waals surface area contributed by atoms with E-state index in [0.717, 1.165) is 25.1 Å². The monoisotopic (exact) mass is 318 g/mol. The number of carbonyl (C=O) groups is 2. The number of aryl methyl sites for hydroxylation is 1. The SMILES string of the molecule is CCC(C)C(NC(=O)C(C)N1CCCc2ccccc21)C(=O)O. The predicted octanol–water partition coefficient (Wildman–Crippen LogP) is 2.44. The Morgan fingerprint density at radius 3 is 2.65 bits per heavy atom. The first kappa shape index (κ1) is 17.3. The molecule has 0 saturated heterocycles. The first-order valence-electron chi connectivity index (χ1n) is 8.33. The second-order valence-electron chi connectivity index (χ2n) is 6.31. The normalized spacial score (nSPS) is 17.8. The summed E-state index contributed by atoms with van der Waals surface area (Å²) in [6, 6.07) is 6.88. The second kappa shape index (κ2) is 7.49. The van der Waals surface area contributed by atoms with Gasteiger partial charge in [-0.2, -0.15) is 0 Å². The zero-order valence-electron chi connectivity index (χ0n) is 14.1. The van der Waals surface area contributed by atoms with Crippen LogP contribution in [0.1, 0.15) is 39.2 Å². The molecular formula is C18H26N2O3. The van der Waals surface area contributed by atoms with E-state index in [1.807, 2.05) is 39.0 Å². The van der Waals surface area contributed by atoms with Gasteiger partial charge < -0.3 is 15.3 Å². The number of anilines is 1. The summed E-state index contributed by atoms with van der Waals surface area (Å²) < 4.78 is 0. The van der Waals surface area contributed by atoms with E-state index in [2.05, 4.69) is 16.3 Å². The number of rotatable bonds is 6. The van der Waals surface area contributed by atoms with Gasteiger partial charge in [-0.1, -0.05) is 38.5 Å². The van der Waals surface area contributed by atoms with Crippen LogP contribution in [0.25, 0.3) is 0 Å². The van der Waals surface area contributed by atoms with Crippen LogP contribution in [0.3, 0.4) is 0 Å². The molecule has 1 aromatic rings. The predicted molar refractivity (Wildman–Crippen MR) is 90.6 cm³/mol. The number of benzene rings is 1. The average Bonchev–Trinajstić information content (AvgIpc) is 2.57. The number of para-hydroxylation sites is 1. The fraction of sp³-hybridized carbons (Fsp3) is 0.556. The van der Waals surface area contributed by atoms with Crippen molar-refractivity contribution in [3.63, 3.8) is 0 Å². The zero-order valence-corrected chi connectivity index (χ0v) is 14.1. The highest BCUT2D eigenvalue weighted by Crippen LogP contribution is 2.28. The molecule has 0 spiro atoms. The molecule has 3 atom stereocenters. The van der Waals surface area contributed by atoms with E-state index in [9.17, 15) is 14.7 Å². The summed E-state index contributed by atoms with van der Waals surface area (Å²) in [5.41, 5.74) is 2.33. The molecule has 0 fully saturated rings. The third kappa shape index (κ3) is 3.84. The topological polar surface area (TPSA) is 69.6 Å². The van der Waals surface area contributed by atoms with Crippen LogP contribution in [-0.4, -0.2) is 35.6 Å². The molecule has 1 aromatic carbocycles. The number of aliphatic carboxylic acids is 1. The van der Waals surface area contributed by atoms with Crippen molar-refractivity contribution in [2.24, 2.45) is 5.92 Å². The summed E-state index contributed by atoms with van der Waals surface area (Å²) in [6.45, 7) is 6.43. The van der Waals surface area contributed by atoms with Crippen LogP contribution in [-0.2, 0) is 16.0 Å². The summed E-state index contributed by atoms with van der Waals surface area (Å²) >= 11 is 0. The molecule has 0 radical (unpaired) electrons. The Labute approximate surface area is 137 Å². The minimum absolute atomic E-state index is 0.0997. The van der Waals surface area contributed by atoms with Gasteiger partial charge in [-0.25, -0.2) is 4.79 Å².